The molecule has 0 saturated carbocycles. The fraction of sp³-hybridized carbons (Fsp3) is 0.208. The van der Waals surface area contributed by atoms with Gasteiger partial charge in [0.15, 0.2) is 0 Å². The number of nitrogens with two attached hydrogens (primary N) is 1. The highest BCUT2D eigenvalue weighted by molar-refractivity contribution is 6.24. The highest BCUT2D eigenvalue weighted by atomic mass is 16.2. The van der Waals surface area contributed by atoms with Crippen LogP contribution >= 0.6 is 0 Å². The number of benzene rings is 2. The van der Waals surface area contributed by atoms with Crippen molar-refractivity contribution in [1.29, 1.82) is 5.41 Å². The van der Waals surface area contributed by atoms with E-state index in [0.717, 1.165) is 5.56 Å². The Bertz CT molecular complexity index is 1050. The van der Waals surface area contributed by atoms with Crippen molar-refractivity contribution in [3.8, 4) is 0 Å². The molecule has 8 heteroatoms. The maximum Gasteiger partial charge on any atom is 0.330 e. The predicted octanol–water partition coefficient (Wildman–Crippen LogP) is 3.00. The van der Waals surface area contributed by atoms with Gasteiger partial charge in [0, 0.05) is 36.6 Å². The van der Waals surface area contributed by atoms with Gasteiger partial charge in [-0.15, -0.1) is 0 Å². The number of likely N-dealkylation sites (N-methyl/N-ethyl adjacent to an activating group) is 1. The number of nitrogens with zero attached hydrogens (tertiary/aromatic N) is 3. The van der Waals surface area contributed by atoms with Crippen molar-refractivity contribution in [2.75, 3.05) is 37.4 Å². The van der Waals surface area contributed by atoms with Crippen LogP contribution in [0.3, 0.4) is 0 Å². The Balaban J connectivity index is 1.82. The molecule has 0 aliphatic carbocycles. The second kappa shape index (κ2) is 10.4. The first-order chi connectivity index (χ1) is 15.4. The van der Waals surface area contributed by atoms with E-state index in [-0.39, 0.29) is 24.3 Å². The third kappa shape index (κ3) is 5.61. The van der Waals surface area contributed by atoms with Crippen LogP contribution in [0.4, 0.5) is 16.2 Å². The summed E-state index contributed by atoms with van der Waals surface area (Å²) in [5, 5.41) is 11.3. The molecule has 1 aliphatic heterocycles. The predicted molar refractivity (Wildman–Crippen MR) is 127 cm³/mol. The Morgan fingerprint density at radius 2 is 1.94 bits per heavy atom. The van der Waals surface area contributed by atoms with Crippen molar-refractivity contribution >= 4 is 29.1 Å². The third-order valence-corrected chi connectivity index (χ3v) is 4.88. The van der Waals surface area contributed by atoms with E-state index in [2.05, 4.69) is 5.32 Å². The second-order valence-corrected chi connectivity index (χ2v) is 7.70. The molecule has 3 rings (SSSR count). The minimum Gasteiger partial charge on any atom is -0.404 e. The molecular formula is C24H28N6O2. The lowest BCUT2D eigenvalue weighted by atomic mass is 10.1. The number of hydrogen-bond acceptors (Lipinski definition) is 5. The van der Waals surface area contributed by atoms with Gasteiger partial charge in [-0.25, -0.2) is 9.69 Å². The normalized spacial score (nSPS) is 15.8. The third-order valence-electron chi connectivity index (χ3n) is 4.88. The van der Waals surface area contributed by atoms with Crippen LogP contribution in [-0.4, -0.2) is 54.8 Å². The van der Waals surface area contributed by atoms with Crippen LogP contribution in [0.1, 0.15) is 5.56 Å². The largest absolute Gasteiger partial charge is 0.404 e. The van der Waals surface area contributed by atoms with Crippen LogP contribution in [0.2, 0.25) is 0 Å². The number of urea groups is 1. The summed E-state index contributed by atoms with van der Waals surface area (Å²) in [5.74, 6) is -0.242. The van der Waals surface area contributed by atoms with Crippen LogP contribution in [0.15, 0.2) is 78.5 Å². The summed E-state index contributed by atoms with van der Waals surface area (Å²) in [4.78, 5) is 30.4. The molecule has 1 saturated heterocycles. The zero-order chi connectivity index (χ0) is 23.1. The van der Waals surface area contributed by atoms with Gasteiger partial charge >= 0.3 is 6.03 Å². The van der Waals surface area contributed by atoms with Crippen molar-refractivity contribution in [3.05, 3.63) is 84.1 Å². The molecule has 8 nitrogen and oxygen atoms in total. The number of anilines is 2. The van der Waals surface area contributed by atoms with Gasteiger partial charge in [0.25, 0.3) is 0 Å². The summed E-state index contributed by atoms with van der Waals surface area (Å²) < 4.78 is 0. The molecule has 1 heterocycles. The molecule has 0 unspecified atom stereocenters. The molecule has 4 N–H and O–H groups in total. The van der Waals surface area contributed by atoms with E-state index in [1.807, 2.05) is 49.3 Å². The summed E-state index contributed by atoms with van der Waals surface area (Å²) in [7, 11) is 3.84. The second-order valence-electron chi connectivity index (χ2n) is 7.70. The van der Waals surface area contributed by atoms with Gasteiger partial charge in [-0.3, -0.25) is 10.2 Å². The summed E-state index contributed by atoms with van der Waals surface area (Å²) >= 11 is 0. The number of amidine groups is 1. The highest BCUT2D eigenvalue weighted by Gasteiger charge is 2.34. The van der Waals surface area contributed by atoms with Gasteiger partial charge in [-0.05, 0) is 37.9 Å². The van der Waals surface area contributed by atoms with Gasteiger partial charge in [-0.1, -0.05) is 42.5 Å². The smallest absolute Gasteiger partial charge is 0.330 e. The quantitative estimate of drug-likeness (QED) is 0.585. The lowest BCUT2D eigenvalue weighted by Gasteiger charge is -2.37. The van der Waals surface area contributed by atoms with Crippen LogP contribution in [0, 0.1) is 5.41 Å². The molecule has 0 bridgehead atoms. The zero-order valence-corrected chi connectivity index (χ0v) is 18.3. The fourth-order valence-electron chi connectivity index (χ4n) is 3.30. The molecule has 3 amide bonds. The van der Waals surface area contributed by atoms with Gasteiger partial charge in [0.05, 0.1) is 12.2 Å². The van der Waals surface area contributed by atoms with Crippen LogP contribution in [-0.2, 0) is 11.3 Å². The van der Waals surface area contributed by atoms with Crippen LogP contribution in [0.25, 0.3) is 0 Å². The molecular weight excluding hydrogens is 404 g/mol. The van der Waals surface area contributed by atoms with Crippen molar-refractivity contribution in [3.63, 3.8) is 0 Å². The van der Waals surface area contributed by atoms with Gasteiger partial charge in [-0.2, -0.15) is 0 Å². The number of amides is 3. The first kappa shape index (κ1) is 22.8. The number of hydrogen-bond donors (Lipinski definition) is 3. The molecule has 1 fully saturated rings. The van der Waals surface area contributed by atoms with Crippen molar-refractivity contribution < 1.29 is 9.59 Å². The van der Waals surface area contributed by atoms with E-state index in [0.29, 0.717) is 30.0 Å². The number of carbonyl (C=O) groups excluding carboxylic acids is 2. The van der Waals surface area contributed by atoms with E-state index in [1.54, 1.807) is 35.2 Å². The molecule has 0 radical (unpaired) electrons. The monoisotopic (exact) mass is 432 g/mol. The topological polar surface area (TPSA) is 106 Å². The summed E-state index contributed by atoms with van der Waals surface area (Å²) in [6, 6.07) is 16.2. The fourth-order valence-corrected chi connectivity index (χ4v) is 3.30. The summed E-state index contributed by atoms with van der Waals surface area (Å²) in [5.41, 5.74) is 8.30. The lowest BCUT2D eigenvalue weighted by molar-refractivity contribution is -0.111. The van der Waals surface area contributed by atoms with Crippen LogP contribution in [0.5, 0.6) is 0 Å². The maximum atomic E-state index is 13.3. The van der Waals surface area contributed by atoms with E-state index < -0.39 is 0 Å². The first-order valence-corrected chi connectivity index (χ1v) is 10.2. The zero-order valence-electron chi connectivity index (χ0n) is 18.3. The Labute approximate surface area is 188 Å². The van der Waals surface area contributed by atoms with E-state index in [9.17, 15) is 9.59 Å². The van der Waals surface area contributed by atoms with Crippen molar-refractivity contribution in [1.82, 2.24) is 9.80 Å². The van der Waals surface area contributed by atoms with Gasteiger partial charge in [0.2, 0.25) is 5.91 Å². The average molecular weight is 433 g/mol. The van der Waals surface area contributed by atoms with Crippen molar-refractivity contribution in [2.24, 2.45) is 5.73 Å². The van der Waals surface area contributed by atoms with Gasteiger partial charge in [0.1, 0.15) is 5.84 Å². The molecule has 0 spiro atoms. The Hall–Kier alpha value is -3.91. The summed E-state index contributed by atoms with van der Waals surface area (Å²) in [6.07, 6.45) is 4.60. The lowest BCUT2D eigenvalue weighted by Crippen LogP contribution is -2.53. The average Bonchev–Trinajstić information content (AvgIpc) is 2.76. The Morgan fingerprint density at radius 3 is 2.62 bits per heavy atom. The molecule has 2 aromatic rings. The minimum absolute atomic E-state index is 0.0242. The first-order valence-electron chi connectivity index (χ1n) is 10.2. The van der Waals surface area contributed by atoms with E-state index >= 15 is 0 Å². The number of carbonyl (C=O) groups is 2. The van der Waals surface area contributed by atoms with Crippen molar-refractivity contribution in [2.45, 2.75) is 6.54 Å². The summed E-state index contributed by atoms with van der Waals surface area (Å²) in [6.45, 7) is 1.30. The standard InChI is InChI=1S/C24H28N6O2/c1-28(2)13-7-12-22(31)27-20-10-6-11-21(14-20)30-23(26)19(15-25)17-29(24(30)32)16-18-8-4-3-5-9-18/h3-12,14-15,26H,13,16-17,25H2,1-2H3,(H,27,31)/b12-7+,19-15-,26-23?. The SMILES string of the molecule is CN(C)C/C=C/C(=O)Nc1cccc(N2C(=N)/C(=C\N)CN(Cc3ccccc3)C2=O)c1. The number of nitrogens with one attached hydrogen (secondary N) is 2. The number of rotatable bonds is 7. The molecule has 0 atom stereocenters. The highest BCUT2D eigenvalue weighted by Crippen LogP contribution is 2.27. The molecule has 166 valence electrons. The van der Waals surface area contributed by atoms with Crippen LogP contribution < -0.4 is 16.0 Å². The van der Waals surface area contributed by atoms with E-state index in [4.69, 9.17) is 11.1 Å². The molecule has 32 heavy (non-hydrogen) atoms. The van der Waals surface area contributed by atoms with Gasteiger partial charge < -0.3 is 20.9 Å². The minimum atomic E-state index is -0.321. The molecule has 2 aromatic carbocycles. The Kier molecular flexibility index (Phi) is 7.41. The maximum absolute atomic E-state index is 13.3. The molecule has 0 aromatic heterocycles. The van der Waals surface area contributed by atoms with E-state index in [1.165, 1.54) is 17.2 Å². The molecule has 1 aliphatic rings. The Morgan fingerprint density at radius 1 is 1.19 bits per heavy atom.